The molecule has 13 nitrogen and oxygen atoms in total. The molecule has 62 heavy (non-hydrogen) atoms. The molecule has 6 heterocycles. The number of H-pyrrole nitrogens is 2. The Morgan fingerprint density at radius 2 is 1.69 bits per heavy atom. The zero-order valence-electron chi connectivity index (χ0n) is 37.4. The highest BCUT2D eigenvalue weighted by molar-refractivity contribution is 7.99. The minimum Gasteiger partial charge on any atom is -0.462 e. The Bertz CT molecular complexity index is 2340. The molecule has 15 heteroatoms. The van der Waals surface area contributed by atoms with Crippen molar-refractivity contribution in [1.82, 2.24) is 24.8 Å². The van der Waals surface area contributed by atoms with E-state index in [2.05, 4.69) is 82.4 Å². The van der Waals surface area contributed by atoms with Crippen LogP contribution < -0.4 is 5.73 Å². The first-order chi connectivity index (χ1) is 28.9. The maximum atomic E-state index is 13.7. The molecule has 0 spiro atoms. The van der Waals surface area contributed by atoms with Gasteiger partial charge in [-0.3, -0.25) is 14.6 Å². The lowest BCUT2D eigenvalue weighted by molar-refractivity contribution is -0.210. The lowest BCUT2D eigenvalue weighted by Gasteiger charge is -2.40. The molecular formula is C47H65ClN6O7S. The number of aryl methyl sites for hydroxylation is 3. The van der Waals surface area contributed by atoms with Crippen LogP contribution in [0.2, 0.25) is 0 Å². The molecule has 8 atom stereocenters. The van der Waals surface area contributed by atoms with Crippen molar-refractivity contribution in [3.05, 3.63) is 75.4 Å². The fourth-order valence-corrected chi connectivity index (χ4v) is 9.61. The fourth-order valence-electron chi connectivity index (χ4n) is 8.50. The Morgan fingerprint density at radius 3 is 2.37 bits per heavy atom. The summed E-state index contributed by atoms with van der Waals surface area (Å²) in [5.74, 6) is -0.223. The number of carbonyl (C=O) groups excluding carboxylic acids is 2. The average Bonchev–Trinajstić information content (AvgIpc) is 3.94. The Hall–Kier alpha value is -4.02. The van der Waals surface area contributed by atoms with Gasteiger partial charge in [0.1, 0.15) is 42.5 Å². The number of nitrogens with two attached hydrogens (primary N) is 1. The molecule has 1 fully saturated rings. The van der Waals surface area contributed by atoms with E-state index in [0.29, 0.717) is 31.6 Å². The van der Waals surface area contributed by atoms with E-state index in [0.717, 1.165) is 73.5 Å². The third-order valence-corrected chi connectivity index (χ3v) is 14.0. The van der Waals surface area contributed by atoms with Gasteiger partial charge in [0.05, 0.1) is 11.4 Å². The van der Waals surface area contributed by atoms with E-state index in [1.807, 2.05) is 6.08 Å². The van der Waals surface area contributed by atoms with Crippen molar-refractivity contribution in [2.24, 2.45) is 11.7 Å². The van der Waals surface area contributed by atoms with Crippen LogP contribution in [0.1, 0.15) is 116 Å². The van der Waals surface area contributed by atoms with E-state index >= 15 is 0 Å². The number of halogens is 1. The summed E-state index contributed by atoms with van der Waals surface area (Å²) in [5.41, 5.74) is 19.4. The van der Waals surface area contributed by atoms with Crippen LogP contribution in [0.5, 0.6) is 0 Å². The molecule has 3 aromatic rings. The minimum atomic E-state index is -1.48. The molecular weight excluding hydrogens is 828 g/mol. The number of hydrogen-bond acceptors (Lipinski definition) is 11. The average molecular weight is 894 g/mol. The SMILES string of the molecule is C=Cc1c(C)c2cc3nc(c(C)c4nc(cc5[nH]c(cc1[nH]2)c(C)c5CC)C(C)=C4)[C@@H](CCC(=O)N(C)CCCS[C@@H]1O[C@H](COC(=O)[C@@H](N)C(C)C)[C@@H](O)[C@H](O)[C@H]1O)[C@@H]3C.Cl. The quantitative estimate of drug-likeness (QED) is 0.0719. The van der Waals surface area contributed by atoms with Gasteiger partial charge in [-0.05, 0) is 111 Å². The van der Waals surface area contributed by atoms with Gasteiger partial charge in [-0.25, -0.2) is 4.98 Å². The molecule has 1 amide bonds. The molecule has 0 aromatic carbocycles. The minimum absolute atomic E-state index is 0. The number of ether oxygens (including phenoxy) is 2. The second-order valence-electron chi connectivity index (χ2n) is 17.2. The third kappa shape index (κ3) is 10.2. The summed E-state index contributed by atoms with van der Waals surface area (Å²) in [4.78, 5) is 45.4. The molecule has 0 saturated carbocycles. The van der Waals surface area contributed by atoms with Gasteiger partial charge in [0.25, 0.3) is 0 Å². The van der Waals surface area contributed by atoms with Crippen molar-refractivity contribution in [3.63, 3.8) is 0 Å². The predicted octanol–water partition coefficient (Wildman–Crippen LogP) is 7.01. The van der Waals surface area contributed by atoms with Gasteiger partial charge in [0, 0.05) is 70.9 Å². The Kier molecular flexibility index (Phi) is 16.3. The van der Waals surface area contributed by atoms with Crippen LogP contribution in [0, 0.1) is 26.7 Å². The lowest BCUT2D eigenvalue weighted by Crippen LogP contribution is -2.58. The molecule has 0 radical (unpaired) electrons. The van der Waals surface area contributed by atoms with Gasteiger partial charge < -0.3 is 45.4 Å². The smallest absolute Gasteiger partial charge is 0.323 e. The van der Waals surface area contributed by atoms with Crippen LogP contribution in [0.25, 0.3) is 39.8 Å². The summed E-state index contributed by atoms with van der Waals surface area (Å²) in [5, 5.41) is 31.7. The summed E-state index contributed by atoms with van der Waals surface area (Å²) >= 11 is 1.27. The number of amides is 1. The number of fused-ring (bicyclic) bond motifs is 8. The first-order valence-electron chi connectivity index (χ1n) is 21.5. The molecule has 3 aliphatic rings. The second kappa shape index (κ2) is 20.7. The van der Waals surface area contributed by atoms with E-state index in [1.54, 1.807) is 25.8 Å². The van der Waals surface area contributed by atoms with E-state index < -0.39 is 41.9 Å². The van der Waals surface area contributed by atoms with Crippen molar-refractivity contribution in [3.8, 4) is 0 Å². The number of allylic oxidation sites excluding steroid dienone is 1. The molecule has 3 aromatic heterocycles. The maximum absolute atomic E-state index is 13.7. The van der Waals surface area contributed by atoms with Crippen molar-refractivity contribution >= 4 is 75.8 Å². The second-order valence-corrected chi connectivity index (χ2v) is 18.4. The maximum Gasteiger partial charge on any atom is 0.323 e. The standard InChI is InChI=1S/C47H64N6O7S.ClH/c1-11-29-26(7)35-21-38-30(12-2)25(6)34(50-38)20-36-27(8)31(42(52-36)28(9)33-18-24(5)32(49-33)19-37(29)51-35)14-15-40(54)53(10)16-13-17-61-47-45(57)44(56)43(55)39(60-47)22-59-46(58)41(48)23(3)4;/h12,18-21,23,27,31,39,41,43-45,47,50-51,55-57H,2,11,13-17,22,48H2,1,3-10H3;1H/t27-,31-,39+,41-,43+,44-,45+,47-;/m0./s1. The number of aliphatic hydroxyl groups excluding tert-OH is 3. The fraction of sp³-hybridized carbons (Fsp3) is 0.532. The zero-order valence-corrected chi connectivity index (χ0v) is 39.1. The van der Waals surface area contributed by atoms with Crippen molar-refractivity contribution in [2.45, 2.75) is 129 Å². The van der Waals surface area contributed by atoms with Crippen LogP contribution in [0.3, 0.4) is 0 Å². The van der Waals surface area contributed by atoms with Crippen molar-refractivity contribution in [1.29, 1.82) is 0 Å². The molecule has 7 N–H and O–H groups in total. The largest absolute Gasteiger partial charge is 0.462 e. The van der Waals surface area contributed by atoms with E-state index in [-0.39, 0.29) is 42.7 Å². The zero-order chi connectivity index (χ0) is 44.4. The predicted molar refractivity (Wildman–Crippen MR) is 251 cm³/mol. The van der Waals surface area contributed by atoms with Crippen LogP contribution in [0.15, 0.2) is 24.8 Å². The summed E-state index contributed by atoms with van der Waals surface area (Å²) in [6.45, 7) is 20.7. The summed E-state index contributed by atoms with van der Waals surface area (Å²) < 4.78 is 11.1. The van der Waals surface area contributed by atoms with Crippen molar-refractivity contribution < 1.29 is 34.4 Å². The monoisotopic (exact) mass is 892 g/mol. The number of aromatic amines is 2. The molecule has 0 aliphatic carbocycles. The third-order valence-electron chi connectivity index (χ3n) is 12.7. The molecule has 1 saturated heterocycles. The number of hydrogen-bond donors (Lipinski definition) is 6. The Balaban J connectivity index is 0.00000726. The normalized spacial score (nSPS) is 22.8. The highest BCUT2D eigenvalue weighted by Crippen LogP contribution is 2.42. The number of nitrogens with one attached hydrogen (secondary N) is 2. The lowest BCUT2D eigenvalue weighted by atomic mass is 9.85. The number of aliphatic hydroxyl groups is 3. The summed E-state index contributed by atoms with van der Waals surface area (Å²) in [6.07, 6.45) is 1.13. The van der Waals surface area contributed by atoms with Crippen LogP contribution in [-0.2, 0) is 25.5 Å². The number of rotatable bonds is 14. The van der Waals surface area contributed by atoms with Gasteiger partial charge in [-0.15, -0.1) is 24.2 Å². The Labute approximate surface area is 375 Å². The summed E-state index contributed by atoms with van der Waals surface area (Å²) in [7, 11) is 1.79. The molecule has 3 aliphatic heterocycles. The van der Waals surface area contributed by atoms with Gasteiger partial charge in [-0.2, -0.15) is 0 Å². The number of thioether (sulfide) groups is 1. The molecule has 338 valence electrons. The topological polar surface area (TPSA) is 200 Å². The van der Waals surface area contributed by atoms with Gasteiger partial charge in [0.2, 0.25) is 5.91 Å². The van der Waals surface area contributed by atoms with Gasteiger partial charge in [0.15, 0.2) is 0 Å². The number of carbonyl (C=O) groups is 2. The number of nitrogens with zero attached hydrogens (tertiary/aromatic N) is 3. The van der Waals surface area contributed by atoms with Crippen molar-refractivity contribution in [2.75, 3.05) is 26.0 Å². The highest BCUT2D eigenvalue weighted by Gasteiger charge is 2.44. The first-order valence-corrected chi connectivity index (χ1v) is 22.5. The first kappa shape index (κ1) is 49.0. The van der Waals surface area contributed by atoms with Crippen LogP contribution in [-0.4, -0.2) is 114 Å². The van der Waals surface area contributed by atoms with Gasteiger partial charge in [-0.1, -0.05) is 40.3 Å². The van der Waals surface area contributed by atoms with E-state index in [4.69, 9.17) is 25.2 Å². The van der Waals surface area contributed by atoms with Crippen LogP contribution >= 0.6 is 24.2 Å². The molecule has 6 rings (SSSR count). The highest BCUT2D eigenvalue weighted by atomic mass is 35.5. The number of aromatic nitrogens is 4. The Morgan fingerprint density at radius 1 is 1.00 bits per heavy atom. The van der Waals surface area contributed by atoms with Crippen LogP contribution in [0.4, 0.5) is 0 Å². The van der Waals surface area contributed by atoms with E-state index in [9.17, 15) is 24.9 Å². The molecule has 8 bridgehead atoms. The summed E-state index contributed by atoms with van der Waals surface area (Å²) in [6, 6.07) is 5.63. The number of esters is 1. The van der Waals surface area contributed by atoms with E-state index in [1.165, 1.54) is 22.9 Å². The van der Waals surface area contributed by atoms with Gasteiger partial charge >= 0.3 is 5.97 Å². The molecule has 0 unspecified atom stereocenters.